The van der Waals surface area contributed by atoms with Crippen LogP contribution in [0.2, 0.25) is 0 Å². The van der Waals surface area contributed by atoms with E-state index in [-0.39, 0.29) is 0 Å². The number of nitrogen functional groups attached to an aromatic ring is 1. The van der Waals surface area contributed by atoms with Crippen LogP contribution in [0.15, 0.2) is 45.3 Å². The lowest BCUT2D eigenvalue weighted by Gasteiger charge is -2.10. The molecule has 0 saturated carbocycles. The highest BCUT2D eigenvalue weighted by molar-refractivity contribution is 9.11. The van der Waals surface area contributed by atoms with Crippen LogP contribution in [0.25, 0.3) is 0 Å². The molecule has 0 aliphatic heterocycles. The van der Waals surface area contributed by atoms with Crippen LogP contribution in [0.4, 0.5) is 5.69 Å². The van der Waals surface area contributed by atoms with Gasteiger partial charge in [0.25, 0.3) is 0 Å². The molecule has 0 amide bonds. The van der Waals surface area contributed by atoms with Crippen molar-refractivity contribution >= 4 is 37.5 Å². The normalized spacial score (nSPS) is 10.3. The first-order chi connectivity index (χ1) is 8.06. The van der Waals surface area contributed by atoms with E-state index >= 15 is 0 Å². The Labute approximate surface area is 117 Å². The second-order valence-corrected chi connectivity index (χ2v) is 5.49. The minimum atomic E-state index is 0.639. The predicted molar refractivity (Wildman–Crippen MR) is 77.5 cm³/mol. The van der Waals surface area contributed by atoms with Gasteiger partial charge < -0.3 is 10.5 Å². The van der Waals surface area contributed by atoms with Crippen LogP contribution in [0.1, 0.15) is 5.56 Å². The summed E-state index contributed by atoms with van der Waals surface area (Å²) in [6.45, 7) is 2.00. The molecule has 2 rings (SSSR count). The monoisotopic (exact) mass is 355 g/mol. The molecule has 2 aromatic carbocycles. The number of rotatable bonds is 2. The minimum absolute atomic E-state index is 0.639. The number of halogens is 2. The Kier molecular flexibility index (Phi) is 3.74. The van der Waals surface area contributed by atoms with Gasteiger partial charge in [-0.15, -0.1) is 0 Å². The highest BCUT2D eigenvalue weighted by Gasteiger charge is 2.06. The van der Waals surface area contributed by atoms with Gasteiger partial charge in [0, 0.05) is 4.47 Å². The molecule has 2 aromatic rings. The first-order valence-electron chi connectivity index (χ1n) is 5.05. The fourth-order valence-corrected chi connectivity index (χ4v) is 2.57. The highest BCUT2D eigenvalue weighted by Crippen LogP contribution is 2.34. The van der Waals surface area contributed by atoms with Gasteiger partial charge >= 0.3 is 0 Å². The molecule has 0 spiro atoms. The average Bonchev–Trinajstić information content (AvgIpc) is 2.25. The topological polar surface area (TPSA) is 35.2 Å². The van der Waals surface area contributed by atoms with Gasteiger partial charge in [0.1, 0.15) is 11.5 Å². The second-order valence-electron chi connectivity index (χ2n) is 3.72. The van der Waals surface area contributed by atoms with Crippen molar-refractivity contribution in [3.8, 4) is 11.5 Å². The third-order valence-corrected chi connectivity index (χ3v) is 3.39. The lowest BCUT2D eigenvalue weighted by molar-refractivity contribution is 0.482. The Morgan fingerprint density at radius 2 is 1.71 bits per heavy atom. The molecule has 2 N–H and O–H groups in total. The van der Waals surface area contributed by atoms with E-state index in [4.69, 9.17) is 10.5 Å². The predicted octanol–water partition coefficient (Wildman–Crippen LogP) is 4.89. The van der Waals surface area contributed by atoms with Crippen LogP contribution >= 0.6 is 31.9 Å². The third-order valence-electron chi connectivity index (χ3n) is 2.28. The molecule has 0 aliphatic carbocycles. The van der Waals surface area contributed by atoms with Crippen molar-refractivity contribution in [2.75, 3.05) is 5.73 Å². The van der Waals surface area contributed by atoms with Gasteiger partial charge in [-0.2, -0.15) is 0 Å². The summed E-state index contributed by atoms with van der Waals surface area (Å²) in [5.41, 5.74) is 7.65. The van der Waals surface area contributed by atoms with E-state index in [9.17, 15) is 0 Å². The molecule has 88 valence electrons. The Morgan fingerprint density at radius 1 is 1.00 bits per heavy atom. The molecule has 0 heterocycles. The molecule has 17 heavy (non-hydrogen) atoms. The molecule has 2 nitrogen and oxygen atoms in total. The fourth-order valence-electron chi connectivity index (χ4n) is 1.44. The third kappa shape index (κ3) is 3.01. The average molecular weight is 357 g/mol. The van der Waals surface area contributed by atoms with Crippen molar-refractivity contribution in [3.63, 3.8) is 0 Å². The molecular formula is C13H11Br2NO. The van der Waals surface area contributed by atoms with E-state index < -0.39 is 0 Å². The van der Waals surface area contributed by atoms with Crippen LogP contribution < -0.4 is 10.5 Å². The summed E-state index contributed by atoms with van der Waals surface area (Å²) < 4.78 is 7.63. The zero-order chi connectivity index (χ0) is 12.4. The number of hydrogen-bond acceptors (Lipinski definition) is 2. The summed E-state index contributed by atoms with van der Waals surface area (Å²) in [4.78, 5) is 0. The maximum atomic E-state index is 5.90. The number of anilines is 1. The van der Waals surface area contributed by atoms with E-state index in [1.807, 2.05) is 43.3 Å². The van der Waals surface area contributed by atoms with E-state index in [2.05, 4.69) is 31.9 Å². The van der Waals surface area contributed by atoms with Crippen LogP contribution in [0.5, 0.6) is 11.5 Å². The molecule has 0 fully saturated rings. The number of hydrogen-bond donors (Lipinski definition) is 1. The molecule has 4 heteroatoms. The van der Waals surface area contributed by atoms with Gasteiger partial charge in [-0.3, -0.25) is 0 Å². The van der Waals surface area contributed by atoms with Crippen LogP contribution in [-0.4, -0.2) is 0 Å². The van der Waals surface area contributed by atoms with Crippen LogP contribution in [0, 0.1) is 6.92 Å². The molecular weight excluding hydrogens is 346 g/mol. The van der Waals surface area contributed by atoms with Gasteiger partial charge in [-0.05, 0) is 58.7 Å². The standard InChI is InChI=1S/C13H11Br2NO/c1-8-2-4-13(11(16)6-8)17-12-5-3-9(14)7-10(12)15/h2-7H,16H2,1H3. The number of aryl methyl sites for hydroxylation is 1. The first kappa shape index (κ1) is 12.5. The maximum Gasteiger partial charge on any atom is 0.150 e. The summed E-state index contributed by atoms with van der Waals surface area (Å²) in [7, 11) is 0. The van der Waals surface area contributed by atoms with E-state index in [1.165, 1.54) is 0 Å². The molecule has 0 saturated heterocycles. The Morgan fingerprint density at radius 3 is 2.35 bits per heavy atom. The Hall–Kier alpha value is -1.000. The molecule has 0 radical (unpaired) electrons. The van der Waals surface area contributed by atoms with Gasteiger partial charge in [0.2, 0.25) is 0 Å². The van der Waals surface area contributed by atoms with Gasteiger partial charge in [0.05, 0.1) is 10.2 Å². The fraction of sp³-hybridized carbons (Fsp3) is 0.0769. The van der Waals surface area contributed by atoms with Crippen molar-refractivity contribution in [3.05, 3.63) is 50.9 Å². The van der Waals surface area contributed by atoms with Crippen molar-refractivity contribution < 1.29 is 4.74 Å². The first-order valence-corrected chi connectivity index (χ1v) is 6.64. The number of benzene rings is 2. The van der Waals surface area contributed by atoms with Crippen molar-refractivity contribution in [2.45, 2.75) is 6.92 Å². The maximum absolute atomic E-state index is 5.90. The largest absolute Gasteiger partial charge is 0.454 e. The summed E-state index contributed by atoms with van der Waals surface area (Å²) in [5, 5.41) is 0. The second kappa shape index (κ2) is 5.10. The van der Waals surface area contributed by atoms with Crippen LogP contribution in [-0.2, 0) is 0 Å². The number of nitrogens with two attached hydrogens (primary N) is 1. The van der Waals surface area contributed by atoms with Crippen molar-refractivity contribution in [1.82, 2.24) is 0 Å². The van der Waals surface area contributed by atoms with Gasteiger partial charge in [-0.1, -0.05) is 22.0 Å². The SMILES string of the molecule is Cc1ccc(Oc2ccc(Br)cc2Br)c(N)c1. The zero-order valence-electron chi connectivity index (χ0n) is 9.21. The van der Waals surface area contributed by atoms with Crippen molar-refractivity contribution in [2.24, 2.45) is 0 Å². The van der Waals surface area contributed by atoms with E-state index in [0.29, 0.717) is 11.4 Å². The summed E-state index contributed by atoms with van der Waals surface area (Å²) in [6, 6.07) is 11.5. The van der Waals surface area contributed by atoms with Crippen LogP contribution in [0.3, 0.4) is 0 Å². The van der Waals surface area contributed by atoms with Crippen molar-refractivity contribution in [1.29, 1.82) is 0 Å². The summed E-state index contributed by atoms with van der Waals surface area (Å²) in [6.07, 6.45) is 0. The Bertz CT molecular complexity index is 506. The summed E-state index contributed by atoms with van der Waals surface area (Å²) >= 11 is 6.84. The van der Waals surface area contributed by atoms with Gasteiger partial charge in [-0.25, -0.2) is 0 Å². The van der Waals surface area contributed by atoms with Gasteiger partial charge in [0.15, 0.2) is 0 Å². The lowest BCUT2D eigenvalue weighted by Crippen LogP contribution is -1.93. The minimum Gasteiger partial charge on any atom is -0.454 e. The quantitative estimate of drug-likeness (QED) is 0.777. The van der Waals surface area contributed by atoms with E-state index in [1.54, 1.807) is 0 Å². The smallest absolute Gasteiger partial charge is 0.150 e. The molecule has 0 aromatic heterocycles. The number of ether oxygens (including phenoxy) is 1. The highest BCUT2D eigenvalue weighted by atomic mass is 79.9. The zero-order valence-corrected chi connectivity index (χ0v) is 12.4. The molecule has 0 atom stereocenters. The molecule has 0 unspecified atom stereocenters. The van der Waals surface area contributed by atoms with E-state index in [0.717, 1.165) is 20.3 Å². The molecule has 0 bridgehead atoms. The summed E-state index contributed by atoms with van der Waals surface area (Å²) in [5.74, 6) is 1.40. The lowest BCUT2D eigenvalue weighted by atomic mass is 10.2. The Balaban J connectivity index is 2.31. The molecule has 0 aliphatic rings.